The first-order valence-electron chi connectivity index (χ1n) is 8.75. The summed E-state index contributed by atoms with van der Waals surface area (Å²) in [6.07, 6.45) is 1.05. The van der Waals surface area contributed by atoms with Gasteiger partial charge in [0, 0.05) is 19.6 Å². The van der Waals surface area contributed by atoms with Gasteiger partial charge in [0.25, 0.3) is 0 Å². The van der Waals surface area contributed by atoms with E-state index in [1.165, 1.54) is 0 Å². The van der Waals surface area contributed by atoms with Crippen LogP contribution in [0.5, 0.6) is 0 Å². The predicted molar refractivity (Wildman–Crippen MR) is 93.1 cm³/mol. The number of hydrogen-bond donors (Lipinski definition) is 0. The van der Waals surface area contributed by atoms with E-state index in [9.17, 15) is 9.59 Å². The molecule has 2 heterocycles. The third kappa shape index (κ3) is 3.89. The van der Waals surface area contributed by atoms with E-state index in [0.717, 1.165) is 18.4 Å². The summed E-state index contributed by atoms with van der Waals surface area (Å²) in [6, 6.07) is 9.61. The van der Waals surface area contributed by atoms with Crippen LogP contribution in [0.4, 0.5) is 9.59 Å². The highest BCUT2D eigenvalue weighted by atomic mass is 16.6. The first-order chi connectivity index (χ1) is 11.8. The Morgan fingerprint density at radius 1 is 1.08 bits per heavy atom. The molecule has 0 aliphatic carbocycles. The fraction of sp³-hybridized carbons (Fsp3) is 0.579. The monoisotopic (exact) mass is 346 g/mol. The Bertz CT molecular complexity index is 641. The number of benzene rings is 1. The molecule has 0 bridgehead atoms. The zero-order chi connectivity index (χ0) is 18.1. The lowest BCUT2D eigenvalue weighted by Crippen LogP contribution is -2.64. The first-order valence-corrected chi connectivity index (χ1v) is 8.75. The minimum Gasteiger partial charge on any atom is -0.445 e. The smallest absolute Gasteiger partial charge is 0.410 e. The van der Waals surface area contributed by atoms with Gasteiger partial charge < -0.3 is 19.3 Å². The van der Waals surface area contributed by atoms with Crippen molar-refractivity contribution in [1.82, 2.24) is 9.80 Å². The number of carbonyl (C=O) groups excluding carboxylic acids is 2. The van der Waals surface area contributed by atoms with Crippen LogP contribution in [-0.2, 0) is 16.1 Å². The lowest BCUT2D eigenvalue weighted by Gasteiger charge is -2.50. The fourth-order valence-corrected chi connectivity index (χ4v) is 3.39. The van der Waals surface area contributed by atoms with Gasteiger partial charge in [0.1, 0.15) is 12.2 Å². The van der Waals surface area contributed by atoms with Crippen LogP contribution in [0, 0.1) is 0 Å². The largest absolute Gasteiger partial charge is 0.445 e. The highest BCUT2D eigenvalue weighted by Gasteiger charge is 2.53. The van der Waals surface area contributed by atoms with E-state index in [0.29, 0.717) is 19.6 Å². The molecule has 0 aromatic heterocycles. The van der Waals surface area contributed by atoms with Gasteiger partial charge in [0.15, 0.2) is 0 Å². The molecule has 136 valence electrons. The van der Waals surface area contributed by atoms with Gasteiger partial charge in [0.05, 0.1) is 5.54 Å². The van der Waals surface area contributed by atoms with Gasteiger partial charge in [-0.2, -0.15) is 0 Å². The summed E-state index contributed by atoms with van der Waals surface area (Å²) >= 11 is 0. The molecule has 3 rings (SSSR count). The van der Waals surface area contributed by atoms with Crippen LogP contribution >= 0.6 is 0 Å². The van der Waals surface area contributed by atoms with Crippen LogP contribution in [0.3, 0.4) is 0 Å². The normalized spacial score (nSPS) is 22.7. The lowest BCUT2D eigenvalue weighted by atomic mass is 9.84. The molecule has 2 amide bonds. The van der Waals surface area contributed by atoms with Crippen LogP contribution in [0.25, 0.3) is 0 Å². The molecule has 1 atom stereocenters. The summed E-state index contributed by atoms with van der Waals surface area (Å²) in [5.41, 5.74) is 0.165. The number of hydrogen-bond acceptors (Lipinski definition) is 4. The van der Waals surface area contributed by atoms with E-state index in [1.807, 2.05) is 51.1 Å². The molecule has 25 heavy (non-hydrogen) atoms. The van der Waals surface area contributed by atoms with Crippen molar-refractivity contribution in [2.75, 3.05) is 19.6 Å². The van der Waals surface area contributed by atoms with E-state index in [1.54, 1.807) is 9.80 Å². The molecule has 6 heteroatoms. The van der Waals surface area contributed by atoms with Crippen molar-refractivity contribution >= 4 is 12.2 Å². The van der Waals surface area contributed by atoms with Crippen molar-refractivity contribution in [2.45, 2.75) is 51.4 Å². The first kappa shape index (κ1) is 17.6. The summed E-state index contributed by atoms with van der Waals surface area (Å²) in [5, 5.41) is 0. The number of rotatable bonds is 2. The molecule has 0 unspecified atom stereocenters. The van der Waals surface area contributed by atoms with E-state index in [4.69, 9.17) is 9.47 Å². The molecule has 2 fully saturated rings. The molecule has 0 saturated carbocycles. The standard InChI is InChI=1S/C19H26N2O4/c1-18(2,3)25-17(23)21-12-10-19(21)9-11-20(14-19)16(22)24-13-15-7-5-4-6-8-15/h4-8H,9-14H2,1-3H3/t19-/m1/s1. The quantitative estimate of drug-likeness (QED) is 0.823. The third-order valence-electron chi connectivity index (χ3n) is 4.78. The van der Waals surface area contributed by atoms with Gasteiger partial charge in [0.2, 0.25) is 0 Å². The van der Waals surface area contributed by atoms with Crippen molar-refractivity contribution in [3.05, 3.63) is 35.9 Å². The Morgan fingerprint density at radius 3 is 2.36 bits per heavy atom. The maximum absolute atomic E-state index is 12.4. The molecular formula is C19H26N2O4. The highest BCUT2D eigenvalue weighted by molar-refractivity contribution is 5.72. The van der Waals surface area contributed by atoms with Gasteiger partial charge in [-0.25, -0.2) is 9.59 Å². The zero-order valence-electron chi connectivity index (χ0n) is 15.2. The van der Waals surface area contributed by atoms with Gasteiger partial charge in [-0.1, -0.05) is 30.3 Å². The van der Waals surface area contributed by atoms with Crippen molar-refractivity contribution in [3.63, 3.8) is 0 Å². The van der Waals surface area contributed by atoms with Crippen molar-refractivity contribution in [2.24, 2.45) is 0 Å². The molecule has 1 aromatic carbocycles. The molecule has 1 aromatic rings. The van der Waals surface area contributed by atoms with Crippen molar-refractivity contribution in [3.8, 4) is 0 Å². The minimum atomic E-state index is -0.513. The van der Waals surface area contributed by atoms with Crippen LogP contribution in [0.15, 0.2) is 30.3 Å². The van der Waals surface area contributed by atoms with E-state index in [2.05, 4.69) is 0 Å². The Labute approximate surface area is 148 Å². The van der Waals surface area contributed by atoms with Gasteiger partial charge >= 0.3 is 12.2 Å². The van der Waals surface area contributed by atoms with Crippen LogP contribution in [0.1, 0.15) is 39.2 Å². The zero-order valence-corrected chi connectivity index (χ0v) is 15.2. The Hall–Kier alpha value is -2.24. The average molecular weight is 346 g/mol. The summed E-state index contributed by atoms with van der Waals surface area (Å²) in [6.45, 7) is 7.64. The highest BCUT2D eigenvalue weighted by Crippen LogP contribution is 2.40. The predicted octanol–water partition coefficient (Wildman–Crippen LogP) is 3.41. The summed E-state index contributed by atoms with van der Waals surface area (Å²) in [4.78, 5) is 28.1. The Morgan fingerprint density at radius 2 is 1.76 bits per heavy atom. The molecule has 0 radical (unpaired) electrons. The number of nitrogens with zero attached hydrogens (tertiary/aromatic N) is 2. The molecule has 0 N–H and O–H groups in total. The lowest BCUT2D eigenvalue weighted by molar-refractivity contribution is -0.0404. The van der Waals surface area contributed by atoms with E-state index in [-0.39, 0.29) is 24.3 Å². The molecule has 6 nitrogen and oxygen atoms in total. The second-order valence-electron chi connectivity index (χ2n) is 7.82. The summed E-state index contributed by atoms with van der Waals surface area (Å²) in [5.74, 6) is 0. The van der Waals surface area contributed by atoms with Gasteiger partial charge in [-0.05, 0) is 39.2 Å². The Kier molecular flexibility index (Phi) is 4.62. The SMILES string of the molecule is CC(C)(C)OC(=O)N1CC[C@@]12CCN(C(=O)OCc1ccccc1)C2. The van der Waals surface area contributed by atoms with Crippen LogP contribution in [-0.4, -0.2) is 52.8 Å². The maximum Gasteiger partial charge on any atom is 0.410 e. The number of amides is 2. The van der Waals surface area contributed by atoms with E-state index < -0.39 is 5.60 Å². The molecule has 2 aliphatic rings. The maximum atomic E-state index is 12.4. The van der Waals surface area contributed by atoms with Crippen molar-refractivity contribution < 1.29 is 19.1 Å². The minimum absolute atomic E-state index is 0.263. The molecular weight excluding hydrogens is 320 g/mol. The number of ether oxygens (including phenoxy) is 2. The number of likely N-dealkylation sites (tertiary alicyclic amines) is 2. The van der Waals surface area contributed by atoms with Gasteiger partial charge in [-0.15, -0.1) is 0 Å². The average Bonchev–Trinajstić information content (AvgIpc) is 2.98. The fourth-order valence-electron chi connectivity index (χ4n) is 3.39. The molecule has 2 aliphatic heterocycles. The van der Waals surface area contributed by atoms with Crippen molar-refractivity contribution in [1.29, 1.82) is 0 Å². The van der Waals surface area contributed by atoms with E-state index >= 15 is 0 Å². The summed E-state index contributed by atoms with van der Waals surface area (Å²) in [7, 11) is 0. The van der Waals surface area contributed by atoms with Gasteiger partial charge in [-0.3, -0.25) is 0 Å². The second-order valence-corrected chi connectivity index (χ2v) is 7.82. The third-order valence-corrected chi connectivity index (χ3v) is 4.78. The number of carbonyl (C=O) groups is 2. The van der Waals surface area contributed by atoms with Crippen LogP contribution < -0.4 is 0 Å². The second kappa shape index (κ2) is 6.58. The molecule has 2 saturated heterocycles. The topological polar surface area (TPSA) is 59.1 Å². The molecule has 1 spiro atoms. The van der Waals surface area contributed by atoms with Crippen LogP contribution in [0.2, 0.25) is 0 Å². The summed E-state index contributed by atoms with van der Waals surface area (Å²) < 4.78 is 10.9. The Balaban J connectivity index is 1.54.